The molecular formula is C8H14NY-. The first-order valence-electron chi connectivity index (χ1n) is 3.94. The third-order valence-corrected chi connectivity index (χ3v) is 2.76. The van der Waals surface area contributed by atoms with Crippen LogP contribution in [0.15, 0.2) is 0 Å². The SMILES string of the molecule is [CH-]1CCC2(CC1)CNC2.[Y]. The number of hydrogen-bond acceptors (Lipinski definition) is 1. The molecular weight excluding hydrogens is 199 g/mol. The third-order valence-electron chi connectivity index (χ3n) is 2.76. The summed E-state index contributed by atoms with van der Waals surface area (Å²) in [5, 5.41) is 3.36. The van der Waals surface area contributed by atoms with Crippen LogP contribution in [0.5, 0.6) is 0 Å². The van der Waals surface area contributed by atoms with Crippen molar-refractivity contribution in [3.8, 4) is 0 Å². The van der Waals surface area contributed by atoms with Gasteiger partial charge >= 0.3 is 0 Å². The Morgan fingerprint density at radius 1 is 1.10 bits per heavy atom. The van der Waals surface area contributed by atoms with Crippen molar-refractivity contribution in [3.05, 3.63) is 6.42 Å². The molecule has 2 heteroatoms. The van der Waals surface area contributed by atoms with Crippen molar-refractivity contribution in [2.45, 2.75) is 25.7 Å². The summed E-state index contributed by atoms with van der Waals surface area (Å²) in [6.45, 7) is 2.58. The molecule has 1 radical (unpaired) electrons. The molecule has 0 aromatic rings. The Hall–Kier alpha value is 1.06. The normalized spacial score (nSPS) is 28.8. The van der Waals surface area contributed by atoms with Crippen LogP contribution in [0.4, 0.5) is 0 Å². The quantitative estimate of drug-likeness (QED) is 0.599. The molecule has 1 spiro atoms. The zero-order valence-corrected chi connectivity index (χ0v) is 9.24. The average molecular weight is 213 g/mol. The Morgan fingerprint density at radius 2 is 1.70 bits per heavy atom. The maximum atomic E-state index is 3.36. The Labute approximate surface area is 88.2 Å². The van der Waals surface area contributed by atoms with Gasteiger partial charge in [-0.3, -0.25) is 0 Å². The van der Waals surface area contributed by atoms with Crippen molar-refractivity contribution in [1.29, 1.82) is 0 Å². The standard InChI is InChI=1S/C8H14N.Y/c1-2-4-8(5-3-1)6-9-7-8;/h1,9H,2-7H2;/q-1;. The van der Waals surface area contributed by atoms with E-state index < -0.39 is 0 Å². The fraction of sp³-hybridized carbons (Fsp3) is 0.875. The van der Waals surface area contributed by atoms with E-state index in [1.165, 1.54) is 38.8 Å². The second kappa shape index (κ2) is 3.64. The van der Waals surface area contributed by atoms with Crippen LogP contribution in [0.25, 0.3) is 0 Å². The molecule has 0 amide bonds. The van der Waals surface area contributed by atoms with Gasteiger partial charge in [-0.05, 0) is 5.41 Å². The van der Waals surface area contributed by atoms with Gasteiger partial charge in [0.15, 0.2) is 0 Å². The van der Waals surface area contributed by atoms with Crippen LogP contribution in [-0.4, -0.2) is 13.1 Å². The smallest absolute Gasteiger partial charge is 0.00183 e. The van der Waals surface area contributed by atoms with Crippen LogP contribution >= 0.6 is 0 Å². The number of rotatable bonds is 0. The first-order valence-corrected chi connectivity index (χ1v) is 3.94. The van der Waals surface area contributed by atoms with Crippen LogP contribution < -0.4 is 5.32 Å². The Bertz CT molecular complexity index is 102. The Balaban J connectivity index is 0.000000500. The summed E-state index contributed by atoms with van der Waals surface area (Å²) in [7, 11) is 0. The predicted octanol–water partition coefficient (Wildman–Crippen LogP) is 1.35. The predicted molar refractivity (Wildman–Crippen MR) is 38.1 cm³/mol. The van der Waals surface area contributed by atoms with Crippen LogP contribution in [0.2, 0.25) is 0 Å². The molecule has 1 saturated carbocycles. The van der Waals surface area contributed by atoms with E-state index in [0.29, 0.717) is 0 Å². The molecule has 0 bridgehead atoms. The summed E-state index contributed by atoms with van der Waals surface area (Å²) >= 11 is 0. The van der Waals surface area contributed by atoms with E-state index in [2.05, 4.69) is 11.7 Å². The summed E-state index contributed by atoms with van der Waals surface area (Å²) < 4.78 is 0. The summed E-state index contributed by atoms with van der Waals surface area (Å²) in [4.78, 5) is 0. The van der Waals surface area contributed by atoms with E-state index in [0.717, 1.165) is 5.41 Å². The van der Waals surface area contributed by atoms with E-state index in [9.17, 15) is 0 Å². The van der Waals surface area contributed by atoms with Crippen molar-refractivity contribution in [2.75, 3.05) is 13.1 Å². The molecule has 2 fully saturated rings. The van der Waals surface area contributed by atoms with Crippen molar-refractivity contribution < 1.29 is 32.7 Å². The van der Waals surface area contributed by atoms with E-state index in [1.54, 1.807) is 0 Å². The van der Waals surface area contributed by atoms with Gasteiger partial charge in [-0.1, -0.05) is 12.8 Å². The van der Waals surface area contributed by atoms with Gasteiger partial charge in [-0.2, -0.15) is 12.8 Å². The van der Waals surface area contributed by atoms with Gasteiger partial charge in [0.2, 0.25) is 0 Å². The Morgan fingerprint density at radius 3 is 2.00 bits per heavy atom. The minimum atomic E-state index is 0. The van der Waals surface area contributed by atoms with E-state index in [4.69, 9.17) is 0 Å². The molecule has 2 aliphatic rings. The fourth-order valence-electron chi connectivity index (χ4n) is 1.92. The van der Waals surface area contributed by atoms with Gasteiger partial charge in [0.25, 0.3) is 0 Å². The summed E-state index contributed by atoms with van der Waals surface area (Å²) in [6.07, 6.45) is 8.05. The third kappa shape index (κ3) is 1.62. The van der Waals surface area contributed by atoms with Crippen molar-refractivity contribution in [2.24, 2.45) is 5.41 Å². The van der Waals surface area contributed by atoms with Crippen LogP contribution in [-0.2, 0) is 32.7 Å². The van der Waals surface area contributed by atoms with Crippen molar-refractivity contribution >= 4 is 0 Å². The molecule has 0 aromatic carbocycles. The molecule has 1 aliphatic heterocycles. The molecule has 1 saturated heterocycles. The van der Waals surface area contributed by atoms with Crippen molar-refractivity contribution in [3.63, 3.8) is 0 Å². The monoisotopic (exact) mass is 213 g/mol. The molecule has 0 atom stereocenters. The summed E-state index contributed by atoms with van der Waals surface area (Å²) in [6, 6.07) is 0. The van der Waals surface area contributed by atoms with E-state index >= 15 is 0 Å². The van der Waals surface area contributed by atoms with Gasteiger partial charge in [0.1, 0.15) is 0 Å². The summed E-state index contributed by atoms with van der Waals surface area (Å²) in [5.41, 5.74) is 0.759. The molecule has 55 valence electrons. The topological polar surface area (TPSA) is 12.0 Å². The second-order valence-electron chi connectivity index (χ2n) is 3.47. The fourth-order valence-corrected chi connectivity index (χ4v) is 1.92. The van der Waals surface area contributed by atoms with E-state index in [-0.39, 0.29) is 32.7 Å². The van der Waals surface area contributed by atoms with Crippen LogP contribution in [0.1, 0.15) is 25.7 Å². The molecule has 1 nitrogen and oxygen atoms in total. The van der Waals surface area contributed by atoms with Gasteiger partial charge in [-0.15, -0.1) is 0 Å². The van der Waals surface area contributed by atoms with Gasteiger partial charge in [0.05, 0.1) is 0 Å². The zero-order chi connectivity index (χ0) is 6.16. The number of nitrogens with one attached hydrogen (secondary N) is 1. The van der Waals surface area contributed by atoms with Crippen LogP contribution in [0.3, 0.4) is 0 Å². The molecule has 2 rings (SSSR count). The van der Waals surface area contributed by atoms with Crippen LogP contribution in [0, 0.1) is 11.8 Å². The number of hydrogen-bond donors (Lipinski definition) is 1. The average Bonchev–Trinajstić information content (AvgIpc) is 1.87. The van der Waals surface area contributed by atoms with E-state index in [1.807, 2.05) is 0 Å². The molecule has 1 N–H and O–H groups in total. The summed E-state index contributed by atoms with van der Waals surface area (Å²) in [5.74, 6) is 0. The molecule has 0 unspecified atom stereocenters. The molecule has 1 aliphatic carbocycles. The largest absolute Gasteiger partial charge is 0.328 e. The van der Waals surface area contributed by atoms with Gasteiger partial charge in [0, 0.05) is 45.8 Å². The first-order chi connectivity index (χ1) is 4.41. The minimum absolute atomic E-state index is 0. The maximum absolute atomic E-state index is 3.36. The van der Waals surface area contributed by atoms with Gasteiger partial charge in [-0.25, -0.2) is 0 Å². The second-order valence-corrected chi connectivity index (χ2v) is 3.47. The zero-order valence-electron chi connectivity index (χ0n) is 6.40. The molecule has 1 heterocycles. The maximum Gasteiger partial charge on any atom is 0.00183 e. The van der Waals surface area contributed by atoms with Gasteiger partial charge < -0.3 is 11.7 Å². The van der Waals surface area contributed by atoms with Crippen molar-refractivity contribution in [1.82, 2.24) is 5.32 Å². The minimum Gasteiger partial charge on any atom is -0.328 e. The Kier molecular flexibility index (Phi) is 3.34. The molecule has 0 aromatic heterocycles. The first kappa shape index (κ1) is 9.15. The molecule has 10 heavy (non-hydrogen) atoms.